The molecule has 12 aromatic heterocycles. The van der Waals surface area contributed by atoms with Gasteiger partial charge in [0.15, 0.2) is 0 Å². The second kappa shape index (κ2) is 26.0. The third-order valence-corrected chi connectivity index (χ3v) is 18.6. The van der Waals surface area contributed by atoms with Gasteiger partial charge < -0.3 is 30.6 Å². The van der Waals surface area contributed by atoms with Gasteiger partial charge >= 0.3 is 0 Å². The summed E-state index contributed by atoms with van der Waals surface area (Å²) < 4.78 is 0. The van der Waals surface area contributed by atoms with Crippen molar-refractivity contribution >= 4 is 116 Å². The van der Waals surface area contributed by atoms with Crippen molar-refractivity contribution in [1.82, 2.24) is 69.8 Å². The predicted octanol–water partition coefficient (Wildman–Crippen LogP) is 18.3. The molecular formula is C85H56N16O2. The highest BCUT2D eigenvalue weighted by molar-refractivity contribution is 6.12. The molecule has 2 amide bonds. The Balaban J connectivity index is 0.753. The van der Waals surface area contributed by atoms with E-state index in [1.165, 1.54) is 0 Å². The van der Waals surface area contributed by atoms with Crippen molar-refractivity contribution in [2.75, 3.05) is 10.6 Å². The molecule has 18 nitrogen and oxygen atoms in total. The molecule has 103 heavy (non-hydrogen) atoms. The minimum absolute atomic E-state index is 0.460. The lowest BCUT2D eigenvalue weighted by Gasteiger charge is -2.14. The Kier molecular flexibility index (Phi) is 15.4. The summed E-state index contributed by atoms with van der Waals surface area (Å²) in [4.78, 5) is 92.8. The van der Waals surface area contributed by atoms with E-state index in [0.29, 0.717) is 67.4 Å². The smallest absolute Gasteiger partial charge is 0.233 e. The highest BCUT2D eigenvalue weighted by Crippen LogP contribution is 2.43. The Bertz CT molecular complexity index is 5790. The van der Waals surface area contributed by atoms with Gasteiger partial charge in [-0.25, -0.2) is 19.9 Å². The van der Waals surface area contributed by atoms with E-state index in [4.69, 9.17) is 19.9 Å². The molecule has 2 aromatic carbocycles. The molecule has 0 radical (unpaired) electrons. The van der Waals surface area contributed by atoms with Crippen molar-refractivity contribution in [2.45, 2.75) is 6.42 Å². The van der Waals surface area contributed by atoms with Crippen molar-refractivity contribution < 1.29 is 9.59 Å². The summed E-state index contributed by atoms with van der Waals surface area (Å²) in [7, 11) is 0. The average molecular weight is 1330 g/mol. The number of hydrogen-bond acceptors (Lipinski definition) is 12. The predicted molar refractivity (Wildman–Crippen MR) is 410 cm³/mol. The summed E-state index contributed by atoms with van der Waals surface area (Å²) in [5.41, 5.74) is 26.2. The fourth-order valence-corrected chi connectivity index (χ4v) is 14.1. The molecule has 16 heterocycles. The lowest BCUT2D eigenvalue weighted by Crippen LogP contribution is -2.22. The van der Waals surface area contributed by atoms with E-state index in [9.17, 15) is 9.59 Å². The first kappa shape index (κ1) is 60.9. The number of aromatic nitrogens is 14. The van der Waals surface area contributed by atoms with Crippen molar-refractivity contribution in [1.29, 1.82) is 0 Å². The number of pyridine rings is 6. The highest BCUT2D eigenvalue weighted by atomic mass is 16.2. The number of carbonyl (C=O) groups is 2. The second-order valence-electron chi connectivity index (χ2n) is 24.8. The third kappa shape index (κ3) is 11.5. The lowest BCUT2D eigenvalue weighted by atomic mass is 10.0. The minimum Gasteiger partial charge on any atom is -0.354 e. The Hall–Kier alpha value is -14.5. The maximum Gasteiger partial charge on any atom is 0.233 e. The molecule has 0 spiro atoms. The van der Waals surface area contributed by atoms with E-state index < -0.39 is 18.2 Å². The zero-order valence-electron chi connectivity index (χ0n) is 54.7. The number of carbonyl (C=O) groups excluding carboxylic acids is 2. The fraction of sp³-hybridized carbons (Fsp3) is 0.0118. The molecule has 4 aliphatic heterocycles. The topological polar surface area (TPSA) is 250 Å². The van der Waals surface area contributed by atoms with Crippen LogP contribution in [-0.4, -0.2) is 81.6 Å². The summed E-state index contributed by atoms with van der Waals surface area (Å²) in [6.45, 7) is 0. The molecule has 0 saturated carbocycles. The van der Waals surface area contributed by atoms with Crippen LogP contribution in [-0.2, 0) is 9.59 Å². The molecular weight excluding hydrogens is 1280 g/mol. The molecule has 14 aromatic rings. The van der Waals surface area contributed by atoms with Gasteiger partial charge in [0.2, 0.25) is 11.8 Å². The highest BCUT2D eigenvalue weighted by Gasteiger charge is 2.25. The molecule has 16 bridgehead atoms. The number of fused-ring (bicyclic) bond motifs is 16. The first-order chi connectivity index (χ1) is 50.9. The van der Waals surface area contributed by atoms with E-state index in [-0.39, 0.29) is 0 Å². The van der Waals surface area contributed by atoms with Gasteiger partial charge in [0.25, 0.3) is 0 Å². The number of benzene rings is 2. The van der Waals surface area contributed by atoms with Crippen LogP contribution < -0.4 is 10.6 Å². The van der Waals surface area contributed by atoms with Crippen LogP contribution in [0.1, 0.15) is 52.0 Å². The van der Waals surface area contributed by atoms with Crippen LogP contribution in [0, 0.1) is 0 Å². The normalized spacial score (nSPS) is 12.0. The van der Waals surface area contributed by atoms with Gasteiger partial charge in [-0.05, 0) is 215 Å². The van der Waals surface area contributed by atoms with Crippen LogP contribution in [0.3, 0.4) is 0 Å². The summed E-state index contributed by atoms with van der Waals surface area (Å²) >= 11 is 0. The Morgan fingerprint density at radius 2 is 0.437 bits per heavy atom. The van der Waals surface area contributed by atoms with Crippen LogP contribution in [0.2, 0.25) is 0 Å². The van der Waals surface area contributed by atoms with Crippen molar-refractivity contribution in [3.8, 4) is 89.0 Å². The number of amides is 2. The van der Waals surface area contributed by atoms with Crippen LogP contribution in [0.4, 0.5) is 11.4 Å². The van der Waals surface area contributed by atoms with E-state index in [1.54, 1.807) is 74.4 Å². The van der Waals surface area contributed by atoms with E-state index >= 15 is 0 Å². The van der Waals surface area contributed by atoms with Crippen molar-refractivity contribution in [3.63, 3.8) is 0 Å². The summed E-state index contributed by atoms with van der Waals surface area (Å²) in [6, 6.07) is 55.3. The molecule has 0 unspecified atom stereocenters. The van der Waals surface area contributed by atoms with Gasteiger partial charge in [-0.15, -0.1) is 0 Å². The largest absolute Gasteiger partial charge is 0.354 e. The van der Waals surface area contributed by atoms with Crippen LogP contribution in [0.15, 0.2) is 244 Å². The third-order valence-electron chi connectivity index (χ3n) is 18.6. The minimum atomic E-state index is -0.543. The monoisotopic (exact) mass is 1330 g/mol. The van der Waals surface area contributed by atoms with Gasteiger partial charge in [-0.2, -0.15) is 0 Å². The van der Waals surface area contributed by atoms with Gasteiger partial charge in [0, 0.05) is 186 Å². The number of nitrogens with one attached hydrogen (secondary N) is 6. The van der Waals surface area contributed by atoms with Gasteiger partial charge in [-0.1, -0.05) is 36.4 Å². The molecule has 6 N–H and O–H groups in total. The summed E-state index contributed by atoms with van der Waals surface area (Å²) in [6.07, 6.45) is 37.0. The van der Waals surface area contributed by atoms with Gasteiger partial charge in [-0.3, -0.25) is 39.5 Å². The Morgan fingerprint density at radius 3 is 0.660 bits per heavy atom. The first-order valence-electron chi connectivity index (χ1n) is 33.4. The molecule has 0 fully saturated rings. The molecule has 0 saturated heterocycles. The quantitative estimate of drug-likeness (QED) is 0.0625. The number of para-hydroxylation sites is 2. The molecule has 18 rings (SSSR count). The van der Waals surface area contributed by atoms with Crippen LogP contribution in [0.25, 0.3) is 182 Å². The molecule has 488 valence electrons. The van der Waals surface area contributed by atoms with E-state index in [0.717, 1.165) is 123 Å². The molecule has 0 aliphatic carbocycles. The average Bonchev–Trinajstić information content (AvgIpc) is 1.64. The number of nitrogens with zero attached hydrogens (tertiary/aromatic N) is 10. The van der Waals surface area contributed by atoms with Gasteiger partial charge in [0.05, 0.1) is 45.6 Å². The summed E-state index contributed by atoms with van der Waals surface area (Å²) in [5, 5.41) is 6.33. The zero-order valence-corrected chi connectivity index (χ0v) is 54.7. The van der Waals surface area contributed by atoms with Crippen molar-refractivity contribution in [3.05, 3.63) is 290 Å². The van der Waals surface area contributed by atoms with Gasteiger partial charge in [0.1, 0.15) is 6.42 Å². The van der Waals surface area contributed by atoms with Crippen LogP contribution in [0.5, 0.6) is 0 Å². The number of anilines is 2. The standard InChI is InChI=1S/C85H56N16O2/c102-76(100-58-7-3-1-5-56(58)84-72-21-17-68(96-72)80(52-29-41-88-42-30-52)64-13-9-60(92-64)78(50-25-37-86-38-26-50)61-10-14-65(93-61)81(53-31-43-89-44-32-53)69-18-22-73(84)97-69)49-77(103)101-59-8-4-2-6-57(59)85-74-23-19-70(98-74)82(54-33-45-90-46-34-54)66-15-11-62(94-66)79(51-27-39-87-40-28-51)63-12-16-67(95-63)83(55-35-47-91-48-36-55)71-20-24-75(85)99-71/h1-48,92,94,97,99H,49H2,(H,100,102)(H,101,103). The van der Waals surface area contributed by atoms with Crippen molar-refractivity contribution in [2.24, 2.45) is 0 Å². The second-order valence-corrected chi connectivity index (χ2v) is 24.8. The zero-order chi connectivity index (χ0) is 68.7. The van der Waals surface area contributed by atoms with E-state index in [1.807, 2.05) is 194 Å². The molecule has 4 aliphatic rings. The number of hydrogen-bond donors (Lipinski definition) is 6. The lowest BCUT2D eigenvalue weighted by molar-refractivity contribution is -0.123. The van der Waals surface area contributed by atoms with E-state index in [2.05, 4.69) is 84.7 Å². The maximum absolute atomic E-state index is 14.8. The first-order valence-corrected chi connectivity index (χ1v) is 33.4. The Labute approximate surface area is 588 Å². The number of aromatic amines is 4. The SMILES string of the molecule is O=C(CC(=O)Nc1ccccc1-c1c2nc(c(-c3ccncc3)c3ccc([nH]3)c(-c3ccncc3)c3nc(c(-c4ccncc4)c4ccc1[nH]4)C=C3)C=C2)Nc1ccccc1-c1c2nc(c(-c3ccncc3)c3ccc([nH]3)c(-c3ccncc3)c3nc(c(-c4ccncc4)c4ccc1[nH]4)C=C3)C=C2. The molecule has 18 heteroatoms. The number of H-pyrrole nitrogens is 4. The molecule has 0 atom stereocenters. The maximum atomic E-state index is 14.8. The fourth-order valence-electron chi connectivity index (χ4n) is 14.1. The van der Waals surface area contributed by atoms with Crippen LogP contribution >= 0.6 is 0 Å². The summed E-state index contributed by atoms with van der Waals surface area (Å²) in [5.74, 6) is -1.09. The number of rotatable bonds is 12. The Morgan fingerprint density at radius 1 is 0.243 bits per heavy atom.